The minimum absolute atomic E-state index is 0. The number of hydrogen-bond donors (Lipinski definition) is 1. The van der Waals surface area contributed by atoms with Crippen molar-refractivity contribution in [2.24, 2.45) is 16.8 Å². The van der Waals surface area contributed by atoms with Crippen molar-refractivity contribution in [3.63, 3.8) is 0 Å². The maximum atomic E-state index is 5.51. The quantitative estimate of drug-likeness (QED) is 0.259. The second-order valence-corrected chi connectivity index (χ2v) is 8.83. The van der Waals surface area contributed by atoms with E-state index in [1.165, 1.54) is 32.5 Å². The van der Waals surface area contributed by atoms with Gasteiger partial charge >= 0.3 is 0 Å². The van der Waals surface area contributed by atoms with Crippen molar-refractivity contribution in [2.75, 3.05) is 72.1 Å². The molecule has 3 aliphatic rings. The van der Waals surface area contributed by atoms with Gasteiger partial charge in [-0.15, -0.1) is 24.0 Å². The Bertz CT molecular complexity index is 462. The summed E-state index contributed by atoms with van der Waals surface area (Å²) in [5.41, 5.74) is 0. The number of rotatable bonds is 6. The van der Waals surface area contributed by atoms with Crippen LogP contribution < -0.4 is 5.32 Å². The summed E-state index contributed by atoms with van der Waals surface area (Å²) in [6.07, 6.45) is 3.79. The molecule has 0 radical (unpaired) electrons. The second kappa shape index (κ2) is 12.5. The molecular weight excluding hydrogens is 465 g/mol. The molecule has 3 rings (SSSR count). The molecule has 28 heavy (non-hydrogen) atoms. The van der Waals surface area contributed by atoms with Gasteiger partial charge in [0.1, 0.15) is 0 Å². The summed E-state index contributed by atoms with van der Waals surface area (Å²) < 4.78 is 5.51. The van der Waals surface area contributed by atoms with Crippen LogP contribution in [0.4, 0.5) is 0 Å². The molecule has 3 unspecified atom stereocenters. The molecule has 3 atom stereocenters. The highest BCUT2D eigenvalue weighted by Gasteiger charge is 2.30. The lowest BCUT2D eigenvalue weighted by Gasteiger charge is -2.34. The Morgan fingerprint density at radius 2 is 1.79 bits per heavy atom. The number of guanidine groups is 1. The van der Waals surface area contributed by atoms with E-state index in [2.05, 4.69) is 40.8 Å². The Morgan fingerprint density at radius 1 is 1.07 bits per heavy atom. The summed E-state index contributed by atoms with van der Waals surface area (Å²) >= 11 is 0. The summed E-state index contributed by atoms with van der Waals surface area (Å²) in [4.78, 5) is 12.7. The lowest BCUT2D eigenvalue weighted by atomic mass is 9.92. The van der Waals surface area contributed by atoms with E-state index >= 15 is 0 Å². The van der Waals surface area contributed by atoms with E-state index in [0.717, 1.165) is 76.7 Å². The van der Waals surface area contributed by atoms with Gasteiger partial charge < -0.3 is 19.9 Å². The predicted molar refractivity (Wildman–Crippen MR) is 128 cm³/mol. The minimum atomic E-state index is 0. The van der Waals surface area contributed by atoms with Crippen molar-refractivity contribution in [1.82, 2.24) is 20.0 Å². The number of morpholine rings is 1. The van der Waals surface area contributed by atoms with Gasteiger partial charge in [0.05, 0.1) is 13.2 Å². The number of piperidine rings is 1. The molecule has 3 fully saturated rings. The van der Waals surface area contributed by atoms with E-state index in [0.29, 0.717) is 6.04 Å². The molecule has 0 aromatic carbocycles. The van der Waals surface area contributed by atoms with Gasteiger partial charge in [0, 0.05) is 58.4 Å². The molecule has 3 aliphatic heterocycles. The first-order valence-corrected chi connectivity index (χ1v) is 11.2. The fourth-order valence-corrected chi connectivity index (χ4v) is 5.05. The first-order chi connectivity index (χ1) is 13.2. The van der Waals surface area contributed by atoms with Crippen molar-refractivity contribution in [2.45, 2.75) is 46.1 Å². The Balaban J connectivity index is 0.00000280. The Hall–Kier alpha value is -0.120. The summed E-state index contributed by atoms with van der Waals surface area (Å²) in [5.74, 6) is 2.81. The van der Waals surface area contributed by atoms with E-state index in [9.17, 15) is 0 Å². The zero-order valence-corrected chi connectivity index (χ0v) is 20.6. The number of likely N-dealkylation sites (tertiary alicyclic amines) is 2. The average Bonchev–Trinajstić information content (AvgIpc) is 3.14. The van der Waals surface area contributed by atoms with Crippen molar-refractivity contribution in [1.29, 1.82) is 0 Å². The lowest BCUT2D eigenvalue weighted by molar-refractivity contribution is 0.0195. The molecule has 0 spiro atoms. The summed E-state index contributed by atoms with van der Waals surface area (Å²) in [7, 11) is 0. The van der Waals surface area contributed by atoms with Crippen molar-refractivity contribution in [3.05, 3.63) is 0 Å². The molecule has 1 N–H and O–H groups in total. The molecule has 0 amide bonds. The molecule has 3 saturated heterocycles. The monoisotopic (exact) mass is 507 g/mol. The molecule has 7 heteroatoms. The van der Waals surface area contributed by atoms with Crippen LogP contribution in [-0.4, -0.2) is 98.8 Å². The van der Waals surface area contributed by atoms with Crippen LogP contribution in [0.5, 0.6) is 0 Å². The maximum Gasteiger partial charge on any atom is 0.193 e. The smallest absolute Gasteiger partial charge is 0.193 e. The topological polar surface area (TPSA) is 43.3 Å². The molecule has 3 heterocycles. The van der Waals surface area contributed by atoms with E-state index in [4.69, 9.17) is 9.73 Å². The Morgan fingerprint density at radius 3 is 2.46 bits per heavy atom. The highest BCUT2D eigenvalue weighted by atomic mass is 127. The standard InChI is InChI=1S/C21H41N5O.HI/c1-4-22-21(23-7-5-8-24-15-18(2)14-19(3)16-24)26-9-6-20(17-26)25-10-12-27-13-11-25;/h18-20H,4-17H2,1-3H3,(H,22,23);1H. The van der Waals surface area contributed by atoms with E-state index < -0.39 is 0 Å². The first-order valence-electron chi connectivity index (χ1n) is 11.2. The van der Waals surface area contributed by atoms with Crippen molar-refractivity contribution < 1.29 is 4.74 Å². The molecule has 0 aromatic heterocycles. The maximum absolute atomic E-state index is 5.51. The SMILES string of the molecule is CCNC(=NCCCN1CC(C)CC(C)C1)N1CCC(N2CCOCC2)C1.I. The second-order valence-electron chi connectivity index (χ2n) is 8.83. The molecule has 0 bridgehead atoms. The van der Waals surface area contributed by atoms with Crippen LogP contribution in [0.2, 0.25) is 0 Å². The van der Waals surface area contributed by atoms with Crippen LogP contribution in [0.3, 0.4) is 0 Å². The third-order valence-corrected chi connectivity index (χ3v) is 6.20. The normalized spacial score (nSPS) is 30.3. The lowest BCUT2D eigenvalue weighted by Crippen LogP contribution is -2.46. The highest BCUT2D eigenvalue weighted by molar-refractivity contribution is 14.0. The zero-order chi connectivity index (χ0) is 19.1. The fraction of sp³-hybridized carbons (Fsp3) is 0.952. The molecule has 0 saturated carbocycles. The number of nitrogens with zero attached hydrogens (tertiary/aromatic N) is 4. The van der Waals surface area contributed by atoms with Crippen LogP contribution in [0.1, 0.15) is 40.0 Å². The number of halogens is 1. The fourth-order valence-electron chi connectivity index (χ4n) is 5.05. The van der Waals surface area contributed by atoms with Gasteiger partial charge in [-0.1, -0.05) is 13.8 Å². The van der Waals surface area contributed by atoms with Crippen LogP contribution >= 0.6 is 24.0 Å². The number of ether oxygens (including phenoxy) is 1. The first kappa shape index (κ1) is 24.2. The van der Waals surface area contributed by atoms with Crippen LogP contribution in [0.25, 0.3) is 0 Å². The van der Waals surface area contributed by atoms with Gasteiger partial charge in [-0.3, -0.25) is 9.89 Å². The van der Waals surface area contributed by atoms with Gasteiger partial charge in [0.25, 0.3) is 0 Å². The van der Waals surface area contributed by atoms with Gasteiger partial charge in [-0.2, -0.15) is 0 Å². The average molecular weight is 508 g/mol. The third-order valence-electron chi connectivity index (χ3n) is 6.20. The van der Waals surface area contributed by atoms with Crippen molar-refractivity contribution in [3.8, 4) is 0 Å². The molecule has 0 aliphatic carbocycles. The third kappa shape index (κ3) is 7.29. The largest absolute Gasteiger partial charge is 0.379 e. The highest BCUT2D eigenvalue weighted by Crippen LogP contribution is 2.21. The Kier molecular flexibility index (Phi) is 10.8. The van der Waals surface area contributed by atoms with Gasteiger partial charge in [0.15, 0.2) is 5.96 Å². The van der Waals surface area contributed by atoms with E-state index in [1.807, 2.05) is 0 Å². The van der Waals surface area contributed by atoms with E-state index in [1.54, 1.807) is 0 Å². The molecule has 6 nitrogen and oxygen atoms in total. The van der Waals surface area contributed by atoms with Gasteiger partial charge in [-0.05, 0) is 44.6 Å². The van der Waals surface area contributed by atoms with Gasteiger partial charge in [0.2, 0.25) is 0 Å². The molecule has 0 aromatic rings. The minimum Gasteiger partial charge on any atom is -0.379 e. The summed E-state index contributed by atoms with van der Waals surface area (Å²) in [6.45, 7) is 18.7. The summed E-state index contributed by atoms with van der Waals surface area (Å²) in [5, 5.41) is 3.52. The number of nitrogens with one attached hydrogen (secondary N) is 1. The van der Waals surface area contributed by atoms with Crippen molar-refractivity contribution >= 4 is 29.9 Å². The molecular formula is C21H42IN5O. The molecule has 164 valence electrons. The zero-order valence-electron chi connectivity index (χ0n) is 18.2. The van der Waals surface area contributed by atoms with Crippen LogP contribution in [0.15, 0.2) is 4.99 Å². The van der Waals surface area contributed by atoms with Crippen LogP contribution in [0, 0.1) is 11.8 Å². The predicted octanol–water partition coefficient (Wildman–Crippen LogP) is 2.34. The van der Waals surface area contributed by atoms with Crippen LogP contribution in [-0.2, 0) is 4.74 Å². The number of aliphatic imine (C=N–C) groups is 1. The summed E-state index contributed by atoms with van der Waals surface area (Å²) in [6, 6.07) is 0.661. The van der Waals surface area contributed by atoms with Gasteiger partial charge in [-0.25, -0.2) is 0 Å². The van der Waals surface area contributed by atoms with E-state index in [-0.39, 0.29) is 24.0 Å². The Labute approximate surface area is 189 Å². The number of hydrogen-bond acceptors (Lipinski definition) is 4.